The third-order valence-electron chi connectivity index (χ3n) is 2.39. The Hall–Kier alpha value is -1.35. The van der Waals surface area contributed by atoms with Crippen molar-refractivity contribution < 1.29 is 4.79 Å². The van der Waals surface area contributed by atoms with Gasteiger partial charge in [0.05, 0.1) is 6.04 Å². The molecular weight excluding hydrogens is 164 g/mol. The summed E-state index contributed by atoms with van der Waals surface area (Å²) in [6, 6.07) is 7.19. The van der Waals surface area contributed by atoms with Crippen LogP contribution < -0.4 is 10.6 Å². The SMILES string of the molecule is CN1CC(N)C(=O)c2ccccc21. The molecule has 0 aliphatic carbocycles. The maximum atomic E-state index is 11.6. The molecule has 1 aromatic carbocycles. The van der Waals surface area contributed by atoms with Gasteiger partial charge in [-0.15, -0.1) is 0 Å². The van der Waals surface area contributed by atoms with Crippen molar-refractivity contribution in [1.82, 2.24) is 0 Å². The second-order valence-electron chi connectivity index (χ2n) is 3.37. The summed E-state index contributed by atoms with van der Waals surface area (Å²) >= 11 is 0. The van der Waals surface area contributed by atoms with Crippen LogP contribution in [0.3, 0.4) is 0 Å². The van der Waals surface area contributed by atoms with Crippen molar-refractivity contribution in [2.45, 2.75) is 6.04 Å². The zero-order valence-electron chi connectivity index (χ0n) is 7.53. The molecular formula is C10H12N2O. The summed E-state index contributed by atoms with van der Waals surface area (Å²) < 4.78 is 0. The van der Waals surface area contributed by atoms with Crippen molar-refractivity contribution in [1.29, 1.82) is 0 Å². The molecule has 0 saturated carbocycles. The van der Waals surface area contributed by atoms with Crippen LogP contribution in [0, 0.1) is 0 Å². The number of anilines is 1. The van der Waals surface area contributed by atoms with Gasteiger partial charge in [0.15, 0.2) is 5.78 Å². The molecule has 0 amide bonds. The first-order valence-electron chi connectivity index (χ1n) is 4.30. The van der Waals surface area contributed by atoms with Crippen LogP contribution in [0.4, 0.5) is 5.69 Å². The fourth-order valence-corrected chi connectivity index (χ4v) is 1.69. The van der Waals surface area contributed by atoms with E-state index < -0.39 is 0 Å². The van der Waals surface area contributed by atoms with Crippen LogP contribution in [0.25, 0.3) is 0 Å². The lowest BCUT2D eigenvalue weighted by Crippen LogP contribution is -2.45. The fourth-order valence-electron chi connectivity index (χ4n) is 1.69. The number of hydrogen-bond acceptors (Lipinski definition) is 3. The first kappa shape index (κ1) is 8.26. The average Bonchev–Trinajstić information content (AvgIpc) is 2.15. The van der Waals surface area contributed by atoms with Gasteiger partial charge < -0.3 is 10.6 Å². The molecule has 3 nitrogen and oxygen atoms in total. The molecule has 1 aliphatic rings. The van der Waals surface area contributed by atoms with Gasteiger partial charge in [-0.3, -0.25) is 4.79 Å². The maximum absolute atomic E-state index is 11.6. The van der Waals surface area contributed by atoms with E-state index in [0.29, 0.717) is 6.54 Å². The Morgan fingerprint density at radius 3 is 2.92 bits per heavy atom. The van der Waals surface area contributed by atoms with E-state index in [2.05, 4.69) is 0 Å². The molecule has 0 aromatic heterocycles. The van der Waals surface area contributed by atoms with Gasteiger partial charge in [0.1, 0.15) is 0 Å². The molecule has 0 radical (unpaired) electrons. The zero-order chi connectivity index (χ0) is 9.42. The molecule has 2 N–H and O–H groups in total. The summed E-state index contributed by atoms with van der Waals surface area (Å²) in [5.41, 5.74) is 7.41. The Kier molecular flexibility index (Phi) is 1.81. The Balaban J connectivity index is 2.54. The molecule has 1 aliphatic heterocycles. The number of rotatable bonds is 0. The van der Waals surface area contributed by atoms with Crippen molar-refractivity contribution in [2.75, 3.05) is 18.5 Å². The molecule has 1 atom stereocenters. The summed E-state index contributed by atoms with van der Waals surface area (Å²) in [5.74, 6) is 0.0497. The van der Waals surface area contributed by atoms with Gasteiger partial charge in [-0.05, 0) is 12.1 Å². The minimum atomic E-state index is -0.375. The van der Waals surface area contributed by atoms with Crippen LogP contribution in [-0.4, -0.2) is 25.4 Å². The van der Waals surface area contributed by atoms with E-state index in [1.807, 2.05) is 36.2 Å². The highest BCUT2D eigenvalue weighted by Gasteiger charge is 2.26. The Labute approximate surface area is 77.1 Å². The highest BCUT2D eigenvalue weighted by atomic mass is 16.1. The summed E-state index contributed by atoms with van der Waals surface area (Å²) in [6.45, 7) is 0.607. The molecule has 1 aromatic rings. The van der Waals surface area contributed by atoms with E-state index in [-0.39, 0.29) is 11.8 Å². The van der Waals surface area contributed by atoms with Crippen LogP contribution in [0.2, 0.25) is 0 Å². The Bertz CT molecular complexity index is 349. The molecule has 2 rings (SSSR count). The Morgan fingerprint density at radius 2 is 2.15 bits per heavy atom. The van der Waals surface area contributed by atoms with Gasteiger partial charge in [-0.25, -0.2) is 0 Å². The number of para-hydroxylation sites is 1. The van der Waals surface area contributed by atoms with Crippen molar-refractivity contribution in [3.8, 4) is 0 Å². The third-order valence-corrected chi connectivity index (χ3v) is 2.39. The molecule has 0 saturated heterocycles. The van der Waals surface area contributed by atoms with Crippen LogP contribution in [0.1, 0.15) is 10.4 Å². The molecule has 0 spiro atoms. The monoisotopic (exact) mass is 176 g/mol. The third kappa shape index (κ3) is 1.21. The van der Waals surface area contributed by atoms with Crippen molar-refractivity contribution in [2.24, 2.45) is 5.73 Å². The number of hydrogen-bond donors (Lipinski definition) is 1. The number of carbonyl (C=O) groups is 1. The largest absolute Gasteiger partial charge is 0.372 e. The van der Waals surface area contributed by atoms with Crippen molar-refractivity contribution >= 4 is 11.5 Å². The lowest BCUT2D eigenvalue weighted by atomic mass is 9.98. The minimum Gasteiger partial charge on any atom is -0.372 e. The summed E-state index contributed by atoms with van der Waals surface area (Å²) in [5, 5.41) is 0. The van der Waals surface area contributed by atoms with E-state index >= 15 is 0 Å². The number of Topliss-reactive ketones (excluding diaryl/α,β-unsaturated/α-hetero) is 1. The van der Waals surface area contributed by atoms with Crippen LogP contribution in [0.15, 0.2) is 24.3 Å². The van der Waals surface area contributed by atoms with Crippen LogP contribution >= 0.6 is 0 Å². The van der Waals surface area contributed by atoms with Gasteiger partial charge in [0, 0.05) is 24.8 Å². The number of benzene rings is 1. The zero-order valence-corrected chi connectivity index (χ0v) is 7.53. The van der Waals surface area contributed by atoms with Gasteiger partial charge in [0.25, 0.3) is 0 Å². The van der Waals surface area contributed by atoms with Crippen molar-refractivity contribution in [3.63, 3.8) is 0 Å². The summed E-state index contributed by atoms with van der Waals surface area (Å²) in [4.78, 5) is 13.6. The lowest BCUT2D eigenvalue weighted by Gasteiger charge is -2.30. The smallest absolute Gasteiger partial charge is 0.183 e. The number of fused-ring (bicyclic) bond motifs is 1. The first-order valence-corrected chi connectivity index (χ1v) is 4.30. The average molecular weight is 176 g/mol. The number of nitrogens with zero attached hydrogens (tertiary/aromatic N) is 1. The number of carbonyl (C=O) groups excluding carboxylic acids is 1. The molecule has 0 bridgehead atoms. The molecule has 3 heteroatoms. The summed E-state index contributed by atoms with van der Waals surface area (Å²) in [7, 11) is 1.95. The summed E-state index contributed by atoms with van der Waals surface area (Å²) in [6.07, 6.45) is 0. The number of ketones is 1. The van der Waals surface area contributed by atoms with Gasteiger partial charge in [-0.2, -0.15) is 0 Å². The van der Waals surface area contributed by atoms with Gasteiger partial charge in [0.2, 0.25) is 0 Å². The second kappa shape index (κ2) is 2.85. The first-order chi connectivity index (χ1) is 6.20. The molecule has 1 unspecified atom stereocenters. The topological polar surface area (TPSA) is 46.3 Å². The van der Waals surface area contributed by atoms with E-state index in [4.69, 9.17) is 5.73 Å². The molecule has 13 heavy (non-hydrogen) atoms. The van der Waals surface area contributed by atoms with E-state index in [1.54, 1.807) is 0 Å². The molecule has 0 fully saturated rings. The molecule has 68 valence electrons. The number of likely N-dealkylation sites (N-methyl/N-ethyl adjacent to an activating group) is 1. The predicted octanol–water partition coefficient (Wildman–Crippen LogP) is 0.646. The predicted molar refractivity (Wildman–Crippen MR) is 52.0 cm³/mol. The lowest BCUT2D eigenvalue weighted by molar-refractivity contribution is 0.0958. The van der Waals surface area contributed by atoms with Gasteiger partial charge >= 0.3 is 0 Å². The normalized spacial score (nSPS) is 21.5. The van der Waals surface area contributed by atoms with Gasteiger partial charge in [-0.1, -0.05) is 12.1 Å². The molecule has 1 heterocycles. The van der Waals surface area contributed by atoms with E-state index in [0.717, 1.165) is 11.3 Å². The van der Waals surface area contributed by atoms with E-state index in [9.17, 15) is 4.79 Å². The standard InChI is InChI=1S/C10H12N2O/c1-12-6-8(11)10(13)7-4-2-3-5-9(7)12/h2-5,8H,6,11H2,1H3. The van der Waals surface area contributed by atoms with Crippen LogP contribution in [0.5, 0.6) is 0 Å². The van der Waals surface area contributed by atoms with E-state index in [1.165, 1.54) is 0 Å². The quantitative estimate of drug-likeness (QED) is 0.631. The highest BCUT2D eigenvalue weighted by Crippen LogP contribution is 2.24. The fraction of sp³-hybridized carbons (Fsp3) is 0.300. The highest BCUT2D eigenvalue weighted by molar-refractivity contribution is 6.06. The second-order valence-corrected chi connectivity index (χ2v) is 3.37. The van der Waals surface area contributed by atoms with Crippen molar-refractivity contribution in [3.05, 3.63) is 29.8 Å². The minimum absolute atomic E-state index is 0.0497. The maximum Gasteiger partial charge on any atom is 0.183 e. The Morgan fingerprint density at radius 1 is 1.46 bits per heavy atom. The van der Waals surface area contributed by atoms with Crippen LogP contribution in [-0.2, 0) is 0 Å². The number of nitrogens with two attached hydrogens (primary N) is 1.